The van der Waals surface area contributed by atoms with Gasteiger partial charge in [0.25, 0.3) is 0 Å². The van der Waals surface area contributed by atoms with Crippen molar-refractivity contribution >= 4 is 29.9 Å². The average molecular weight is 485 g/mol. The van der Waals surface area contributed by atoms with E-state index in [4.69, 9.17) is 9.47 Å². The Morgan fingerprint density at radius 2 is 2.00 bits per heavy atom. The van der Waals surface area contributed by atoms with E-state index in [1.807, 2.05) is 7.05 Å². The highest BCUT2D eigenvalue weighted by Gasteiger charge is 2.43. The number of ether oxygens (including phenoxy) is 2. The van der Waals surface area contributed by atoms with Gasteiger partial charge in [-0.1, -0.05) is 25.1 Å². The Kier molecular flexibility index (Phi) is 6.56. The third kappa shape index (κ3) is 4.53. The van der Waals surface area contributed by atoms with Crippen LogP contribution in [0.15, 0.2) is 29.3 Å². The van der Waals surface area contributed by atoms with E-state index in [2.05, 4.69) is 46.8 Å². The molecular weight excluding hydrogens is 453 g/mol. The molecule has 2 N–H and O–H groups in total. The maximum absolute atomic E-state index is 6.47. The van der Waals surface area contributed by atoms with Crippen molar-refractivity contribution in [2.24, 2.45) is 10.4 Å². The average Bonchev–Trinajstić information content (AvgIpc) is 3.28. The van der Waals surface area contributed by atoms with Gasteiger partial charge in [-0.15, -0.1) is 24.0 Å². The van der Waals surface area contributed by atoms with Gasteiger partial charge in [-0.25, -0.2) is 0 Å². The lowest BCUT2D eigenvalue weighted by atomic mass is 9.86. The van der Waals surface area contributed by atoms with E-state index in [1.54, 1.807) is 0 Å². The maximum atomic E-state index is 6.47. The first-order valence-corrected chi connectivity index (χ1v) is 9.94. The van der Waals surface area contributed by atoms with Gasteiger partial charge in [0.2, 0.25) is 0 Å². The molecule has 1 spiro atoms. The first-order valence-electron chi connectivity index (χ1n) is 9.94. The van der Waals surface area contributed by atoms with Gasteiger partial charge < -0.3 is 20.1 Å². The summed E-state index contributed by atoms with van der Waals surface area (Å²) in [6, 6.07) is 8.68. The summed E-state index contributed by atoms with van der Waals surface area (Å²) in [6.45, 7) is 4.83. The summed E-state index contributed by atoms with van der Waals surface area (Å²) in [5.74, 6) is 1.90. The van der Waals surface area contributed by atoms with Crippen molar-refractivity contribution in [1.82, 2.24) is 10.6 Å². The summed E-state index contributed by atoms with van der Waals surface area (Å²) in [5, 5.41) is 7.20. The van der Waals surface area contributed by atoms with E-state index < -0.39 is 0 Å². The molecule has 150 valence electrons. The van der Waals surface area contributed by atoms with E-state index in [0.29, 0.717) is 0 Å². The number of fused-ring (bicyclic) bond motifs is 1. The van der Waals surface area contributed by atoms with Crippen molar-refractivity contribution in [3.63, 3.8) is 0 Å². The van der Waals surface area contributed by atoms with Gasteiger partial charge in [-0.3, -0.25) is 4.99 Å². The van der Waals surface area contributed by atoms with Crippen LogP contribution in [0.1, 0.15) is 57.1 Å². The molecule has 3 aliphatic rings. The minimum atomic E-state index is -0.00383. The Hall–Kier alpha value is -1.02. The smallest absolute Gasteiger partial charge is 0.191 e. The lowest BCUT2D eigenvalue weighted by Crippen LogP contribution is -2.48. The number of hydrogen-bond acceptors (Lipinski definition) is 3. The lowest BCUT2D eigenvalue weighted by Gasteiger charge is -2.40. The predicted molar refractivity (Wildman–Crippen MR) is 119 cm³/mol. The van der Waals surface area contributed by atoms with Gasteiger partial charge >= 0.3 is 0 Å². The summed E-state index contributed by atoms with van der Waals surface area (Å²) in [5.41, 5.74) is 1.43. The van der Waals surface area contributed by atoms with Crippen LogP contribution < -0.4 is 15.4 Å². The summed E-state index contributed by atoms with van der Waals surface area (Å²) >= 11 is 0. The number of halogens is 1. The number of nitrogens with zero attached hydrogens (tertiary/aromatic N) is 1. The van der Waals surface area contributed by atoms with Crippen LogP contribution in [0.2, 0.25) is 0 Å². The van der Waals surface area contributed by atoms with Gasteiger partial charge in [-0.2, -0.15) is 0 Å². The normalized spacial score (nSPS) is 29.0. The van der Waals surface area contributed by atoms with Crippen molar-refractivity contribution < 1.29 is 9.47 Å². The van der Waals surface area contributed by atoms with E-state index in [9.17, 15) is 0 Å². The first kappa shape index (κ1) is 20.7. The predicted octanol–water partition coefficient (Wildman–Crippen LogP) is 4.03. The second kappa shape index (κ2) is 8.55. The number of guanidine groups is 1. The molecule has 6 heteroatoms. The molecule has 0 amide bonds. The molecule has 1 aliphatic carbocycles. The zero-order chi connectivity index (χ0) is 18.0. The quantitative estimate of drug-likeness (QED) is 0.386. The zero-order valence-electron chi connectivity index (χ0n) is 16.4. The lowest BCUT2D eigenvalue weighted by molar-refractivity contribution is 0.0395. The van der Waals surface area contributed by atoms with Crippen LogP contribution in [0.4, 0.5) is 0 Å². The van der Waals surface area contributed by atoms with E-state index in [-0.39, 0.29) is 41.0 Å². The molecule has 2 aliphatic heterocycles. The molecule has 2 fully saturated rings. The fraction of sp³-hybridized carbons (Fsp3) is 0.667. The van der Waals surface area contributed by atoms with Crippen LogP contribution in [0.3, 0.4) is 0 Å². The highest BCUT2D eigenvalue weighted by molar-refractivity contribution is 14.0. The molecular formula is C21H32IN3O2. The van der Waals surface area contributed by atoms with Crippen LogP contribution in [0, 0.1) is 5.41 Å². The molecule has 2 atom stereocenters. The second-order valence-corrected chi connectivity index (χ2v) is 8.47. The van der Waals surface area contributed by atoms with Gasteiger partial charge in [-0.05, 0) is 38.2 Å². The van der Waals surface area contributed by atoms with Gasteiger partial charge in [0.1, 0.15) is 11.4 Å². The van der Waals surface area contributed by atoms with Crippen molar-refractivity contribution in [2.45, 2.75) is 57.1 Å². The second-order valence-electron chi connectivity index (χ2n) is 8.47. The molecule has 4 rings (SSSR count). The van der Waals surface area contributed by atoms with Crippen molar-refractivity contribution in [1.29, 1.82) is 0 Å². The molecule has 2 unspecified atom stereocenters. The third-order valence-electron chi connectivity index (χ3n) is 6.23. The molecule has 0 radical (unpaired) electrons. The van der Waals surface area contributed by atoms with Gasteiger partial charge in [0.15, 0.2) is 5.96 Å². The molecule has 1 saturated heterocycles. The summed E-state index contributed by atoms with van der Waals surface area (Å²) in [7, 11) is 1.85. The van der Waals surface area contributed by atoms with Crippen LogP contribution in [-0.4, -0.2) is 38.4 Å². The Labute approximate surface area is 179 Å². The summed E-state index contributed by atoms with van der Waals surface area (Å²) in [4.78, 5) is 4.47. The monoisotopic (exact) mass is 485 g/mol. The highest BCUT2D eigenvalue weighted by Crippen LogP contribution is 2.46. The molecule has 27 heavy (non-hydrogen) atoms. The molecule has 1 aromatic rings. The topological polar surface area (TPSA) is 54.9 Å². The molecule has 1 saturated carbocycles. The van der Waals surface area contributed by atoms with E-state index in [1.165, 1.54) is 18.4 Å². The van der Waals surface area contributed by atoms with Crippen molar-refractivity contribution in [3.05, 3.63) is 29.8 Å². The van der Waals surface area contributed by atoms with E-state index >= 15 is 0 Å². The number of rotatable bonds is 3. The number of benzene rings is 1. The van der Waals surface area contributed by atoms with Crippen molar-refractivity contribution in [3.8, 4) is 5.75 Å². The fourth-order valence-corrected chi connectivity index (χ4v) is 4.58. The molecule has 2 heterocycles. The van der Waals surface area contributed by atoms with Crippen LogP contribution in [0.25, 0.3) is 0 Å². The maximum Gasteiger partial charge on any atom is 0.191 e. The number of para-hydroxylation sites is 1. The fourth-order valence-electron chi connectivity index (χ4n) is 4.58. The standard InChI is InChI=1S/C21H31N3O2.HI/c1-20(11-12-25-15-20)14-23-19(22-2)24-17-13-21(9-5-6-10-21)26-18-8-4-3-7-16(17)18;/h3-4,7-8,17H,5-6,9-15H2,1-2H3,(H2,22,23,24);1H. The molecule has 0 bridgehead atoms. The highest BCUT2D eigenvalue weighted by atomic mass is 127. The molecule has 1 aromatic carbocycles. The molecule has 5 nitrogen and oxygen atoms in total. The van der Waals surface area contributed by atoms with E-state index in [0.717, 1.165) is 57.2 Å². The number of aliphatic imine (C=N–C) groups is 1. The summed E-state index contributed by atoms with van der Waals surface area (Å²) in [6.07, 6.45) is 6.94. The Morgan fingerprint density at radius 3 is 2.70 bits per heavy atom. The summed E-state index contributed by atoms with van der Waals surface area (Å²) < 4.78 is 12.0. The minimum Gasteiger partial charge on any atom is -0.487 e. The third-order valence-corrected chi connectivity index (χ3v) is 6.23. The SMILES string of the molecule is CN=C(NCC1(C)CCOC1)NC1CC2(CCCC2)Oc2ccccc21.I. The van der Waals surface area contributed by atoms with Crippen LogP contribution in [0.5, 0.6) is 5.75 Å². The Morgan fingerprint density at radius 1 is 1.22 bits per heavy atom. The first-order chi connectivity index (χ1) is 12.6. The molecule has 0 aromatic heterocycles. The van der Waals surface area contributed by atoms with Crippen LogP contribution >= 0.6 is 24.0 Å². The zero-order valence-corrected chi connectivity index (χ0v) is 18.8. The van der Waals surface area contributed by atoms with Crippen molar-refractivity contribution in [2.75, 3.05) is 26.8 Å². The van der Waals surface area contributed by atoms with Crippen LogP contribution in [-0.2, 0) is 4.74 Å². The Balaban J connectivity index is 0.00000210. The number of nitrogens with one attached hydrogen (secondary N) is 2. The van der Waals surface area contributed by atoms with Gasteiger partial charge in [0.05, 0.1) is 12.6 Å². The minimum absolute atomic E-state index is 0. The Bertz CT molecular complexity index is 667. The van der Waals surface area contributed by atoms with Gasteiger partial charge in [0, 0.05) is 37.6 Å². The largest absolute Gasteiger partial charge is 0.487 e. The number of hydrogen-bond donors (Lipinski definition) is 2.